The normalized spacial score (nSPS) is 10.6. The molecule has 2 aromatic rings. The van der Waals surface area contributed by atoms with E-state index in [1.807, 2.05) is 38.5 Å². The zero-order valence-electron chi connectivity index (χ0n) is 9.18. The first-order valence-corrected chi connectivity index (χ1v) is 7.51. The third-order valence-electron chi connectivity index (χ3n) is 1.93. The molecule has 84 valence electrons. The number of alkyl halides is 1. The van der Waals surface area contributed by atoms with Gasteiger partial charge in [0.05, 0.1) is 0 Å². The quantitative estimate of drug-likeness (QED) is 0.385. The molecule has 0 bridgehead atoms. The van der Waals surface area contributed by atoms with E-state index < -0.39 is 0 Å². The van der Waals surface area contributed by atoms with Crippen LogP contribution in [0.4, 0.5) is 0 Å². The first-order valence-electron chi connectivity index (χ1n) is 4.90. The number of halogens is 1. The molecule has 0 saturated heterocycles. The molecule has 0 atom stereocenters. The third kappa shape index (κ3) is 3.19. The van der Waals surface area contributed by atoms with Crippen molar-refractivity contribution in [2.75, 3.05) is 0 Å². The summed E-state index contributed by atoms with van der Waals surface area (Å²) in [4.78, 5) is 16.9. The van der Waals surface area contributed by atoms with Crippen molar-refractivity contribution in [3.05, 3.63) is 45.6 Å². The van der Waals surface area contributed by atoms with Crippen LogP contribution in [0, 0.1) is 17.5 Å². The standard InChI is InChI=1S/C11H12IN4/c1-8-14-6-10(7-15-8)5-12-11-3-4-13-9(2)16-11/h3-4,6-7H,5H2,1-2H3/q-1. The van der Waals surface area contributed by atoms with Gasteiger partial charge in [-0.25, -0.2) is 0 Å². The number of aryl methyl sites for hydroxylation is 2. The number of hydrogen-bond acceptors (Lipinski definition) is 4. The van der Waals surface area contributed by atoms with Crippen LogP contribution < -0.4 is 21.2 Å². The molecule has 0 aliphatic heterocycles. The van der Waals surface area contributed by atoms with E-state index in [9.17, 15) is 0 Å². The molecule has 0 N–H and O–H groups in total. The Labute approximate surface area is 105 Å². The van der Waals surface area contributed by atoms with Crippen LogP contribution in [-0.2, 0) is 4.43 Å². The van der Waals surface area contributed by atoms with Gasteiger partial charge < -0.3 is 0 Å². The molecule has 0 aliphatic carbocycles. The number of rotatable bonds is 3. The van der Waals surface area contributed by atoms with Crippen molar-refractivity contribution >= 4 is 0 Å². The van der Waals surface area contributed by atoms with Crippen LogP contribution in [0.1, 0.15) is 17.2 Å². The predicted octanol–water partition coefficient (Wildman–Crippen LogP) is -1.66. The number of hydrogen-bond donors (Lipinski definition) is 0. The Kier molecular flexibility index (Phi) is 3.76. The molecule has 0 radical (unpaired) electrons. The van der Waals surface area contributed by atoms with Gasteiger partial charge in [-0.3, -0.25) is 0 Å². The Bertz CT molecular complexity index is 470. The molecule has 0 unspecified atom stereocenters. The Morgan fingerprint density at radius 2 is 1.81 bits per heavy atom. The SMILES string of the molecule is Cc1ncc(C[I-]c2ccnc(C)n2)cn1. The summed E-state index contributed by atoms with van der Waals surface area (Å²) in [5, 5.41) is 0. The van der Waals surface area contributed by atoms with Gasteiger partial charge in [0.15, 0.2) is 0 Å². The van der Waals surface area contributed by atoms with Gasteiger partial charge in [-0.15, -0.1) is 0 Å². The maximum atomic E-state index is 4.40. The second-order valence-corrected chi connectivity index (χ2v) is 5.96. The maximum absolute atomic E-state index is 4.40. The van der Waals surface area contributed by atoms with Gasteiger partial charge >= 0.3 is 105 Å². The van der Waals surface area contributed by atoms with Gasteiger partial charge in [0, 0.05) is 0 Å². The number of nitrogens with zero attached hydrogens (tertiary/aromatic N) is 4. The second kappa shape index (κ2) is 5.29. The Hall–Kier alpha value is -1.11. The van der Waals surface area contributed by atoms with Crippen LogP contribution in [0.25, 0.3) is 0 Å². The van der Waals surface area contributed by atoms with E-state index in [0.717, 1.165) is 16.1 Å². The van der Waals surface area contributed by atoms with E-state index in [0.29, 0.717) is 0 Å². The van der Waals surface area contributed by atoms with E-state index in [-0.39, 0.29) is 21.2 Å². The summed E-state index contributed by atoms with van der Waals surface area (Å²) < 4.78 is 2.20. The zero-order valence-corrected chi connectivity index (χ0v) is 11.3. The summed E-state index contributed by atoms with van der Waals surface area (Å²) in [6.07, 6.45) is 5.62. The molecule has 16 heavy (non-hydrogen) atoms. The minimum absolute atomic E-state index is 0.110. The summed E-state index contributed by atoms with van der Waals surface area (Å²) in [5.41, 5.74) is 1.19. The topological polar surface area (TPSA) is 51.6 Å². The van der Waals surface area contributed by atoms with Crippen LogP contribution in [0.5, 0.6) is 0 Å². The number of aromatic nitrogens is 4. The zero-order chi connectivity index (χ0) is 11.4. The summed E-state index contributed by atoms with van der Waals surface area (Å²) in [7, 11) is 0. The van der Waals surface area contributed by atoms with E-state index in [4.69, 9.17) is 0 Å². The molecule has 0 aliphatic rings. The fourth-order valence-corrected chi connectivity index (χ4v) is 3.30. The van der Waals surface area contributed by atoms with Crippen molar-refractivity contribution < 1.29 is 21.2 Å². The van der Waals surface area contributed by atoms with Crippen LogP contribution in [0.3, 0.4) is 0 Å². The van der Waals surface area contributed by atoms with Crippen LogP contribution in [0.15, 0.2) is 24.7 Å². The van der Waals surface area contributed by atoms with Crippen molar-refractivity contribution in [1.82, 2.24) is 19.9 Å². The van der Waals surface area contributed by atoms with Crippen LogP contribution in [-0.4, -0.2) is 19.9 Å². The molecule has 2 rings (SSSR count). The monoisotopic (exact) mass is 327 g/mol. The Balaban J connectivity index is 1.99. The van der Waals surface area contributed by atoms with Gasteiger partial charge in [0.1, 0.15) is 0 Å². The van der Waals surface area contributed by atoms with E-state index in [2.05, 4.69) is 19.9 Å². The second-order valence-electron chi connectivity index (χ2n) is 3.33. The fourth-order valence-electron chi connectivity index (χ4n) is 1.14. The van der Waals surface area contributed by atoms with E-state index >= 15 is 0 Å². The molecule has 5 heteroatoms. The predicted molar refractivity (Wildman–Crippen MR) is 55.9 cm³/mol. The molecule has 0 spiro atoms. The fraction of sp³-hybridized carbons (Fsp3) is 0.273. The molecule has 0 fully saturated rings. The first-order chi connectivity index (χ1) is 7.74. The van der Waals surface area contributed by atoms with Crippen molar-refractivity contribution in [3.63, 3.8) is 0 Å². The van der Waals surface area contributed by atoms with Gasteiger partial charge in [0.2, 0.25) is 0 Å². The van der Waals surface area contributed by atoms with E-state index in [1.54, 1.807) is 0 Å². The molecule has 2 heterocycles. The van der Waals surface area contributed by atoms with Crippen molar-refractivity contribution in [2.45, 2.75) is 18.3 Å². The molecule has 0 saturated carbocycles. The van der Waals surface area contributed by atoms with E-state index in [1.165, 1.54) is 9.26 Å². The summed E-state index contributed by atoms with van der Waals surface area (Å²) >= 11 is -0.110. The molecular formula is C11H12IN4-. The molecular weight excluding hydrogens is 315 g/mol. The van der Waals surface area contributed by atoms with Crippen LogP contribution in [0.2, 0.25) is 0 Å². The molecule has 0 aromatic carbocycles. The first kappa shape index (κ1) is 11.4. The van der Waals surface area contributed by atoms with Gasteiger partial charge in [-0.1, -0.05) is 0 Å². The van der Waals surface area contributed by atoms with Crippen molar-refractivity contribution in [3.8, 4) is 0 Å². The van der Waals surface area contributed by atoms with Crippen molar-refractivity contribution in [2.24, 2.45) is 0 Å². The third-order valence-corrected chi connectivity index (χ3v) is 4.58. The minimum atomic E-state index is -0.110. The Morgan fingerprint density at radius 3 is 2.50 bits per heavy atom. The average Bonchev–Trinajstić information content (AvgIpc) is 2.28. The average molecular weight is 327 g/mol. The van der Waals surface area contributed by atoms with Gasteiger partial charge in [-0.05, 0) is 0 Å². The van der Waals surface area contributed by atoms with Gasteiger partial charge in [-0.2, -0.15) is 0 Å². The van der Waals surface area contributed by atoms with Crippen molar-refractivity contribution in [1.29, 1.82) is 0 Å². The molecule has 2 aromatic heterocycles. The molecule has 4 nitrogen and oxygen atoms in total. The van der Waals surface area contributed by atoms with Crippen LogP contribution >= 0.6 is 0 Å². The summed E-state index contributed by atoms with van der Waals surface area (Å²) in [6.45, 7) is 3.81. The Morgan fingerprint density at radius 1 is 1.06 bits per heavy atom. The van der Waals surface area contributed by atoms with Gasteiger partial charge in [0.25, 0.3) is 0 Å². The summed E-state index contributed by atoms with van der Waals surface area (Å²) in [5.74, 6) is 1.66. The summed E-state index contributed by atoms with van der Waals surface area (Å²) in [6, 6.07) is 2.00. The molecule has 0 amide bonds.